The SMILES string of the molecule is CO.CO.C[C]1[C](C)[C](C)[C](C)[C]1C.C[C]1[C](C)[C](C)[C](C)[C]1C.[Ru+].[Ru+]. The van der Waals surface area contributed by atoms with E-state index in [9.17, 15) is 0 Å². The van der Waals surface area contributed by atoms with Crippen molar-refractivity contribution in [3.05, 3.63) is 59.2 Å². The first-order valence-electron chi connectivity index (χ1n) is 8.39. The van der Waals surface area contributed by atoms with Crippen molar-refractivity contribution < 1.29 is 49.2 Å². The van der Waals surface area contributed by atoms with Crippen LogP contribution in [0, 0.1) is 59.2 Å². The molecule has 12 radical (unpaired) electrons. The number of rotatable bonds is 0. The van der Waals surface area contributed by atoms with E-state index in [0.29, 0.717) is 0 Å². The van der Waals surface area contributed by atoms with Gasteiger partial charge in [0.1, 0.15) is 0 Å². The van der Waals surface area contributed by atoms with Gasteiger partial charge < -0.3 is 10.2 Å². The number of aliphatic hydroxyl groups excluding tert-OH is 2. The second kappa shape index (κ2) is 17.1. The third-order valence-electron chi connectivity index (χ3n) is 5.62. The van der Waals surface area contributed by atoms with Crippen LogP contribution in [0.4, 0.5) is 0 Å². The van der Waals surface area contributed by atoms with Crippen LogP contribution in [0.5, 0.6) is 0 Å². The summed E-state index contributed by atoms with van der Waals surface area (Å²) in [6, 6.07) is 0. The Balaban J connectivity index is -0.000000147. The monoisotopic (exact) mass is 538 g/mol. The fourth-order valence-corrected chi connectivity index (χ4v) is 2.81. The standard InChI is InChI=1S/2C10H15.2CH4O.2Ru/c2*1-6-7(2)9(4)10(5)8(6)3;2*1-2;;/h2*1-5H3;2*2H,1H3;;/q;;;;2*+1. The first kappa shape index (κ1) is 34.7. The second-order valence-electron chi connectivity index (χ2n) is 6.25. The Kier molecular flexibility index (Phi) is 22.7. The van der Waals surface area contributed by atoms with Gasteiger partial charge in [-0.2, -0.15) is 0 Å². The fraction of sp³-hybridized carbons (Fsp3) is 0.545. The van der Waals surface area contributed by atoms with Gasteiger partial charge in [-0.3, -0.25) is 0 Å². The maximum atomic E-state index is 7.00. The van der Waals surface area contributed by atoms with Crippen LogP contribution in [0.3, 0.4) is 0 Å². The summed E-state index contributed by atoms with van der Waals surface area (Å²) in [5, 5.41) is 14.0. The van der Waals surface area contributed by atoms with Crippen LogP contribution in [-0.2, 0) is 39.0 Å². The summed E-state index contributed by atoms with van der Waals surface area (Å²) < 4.78 is 0. The van der Waals surface area contributed by atoms with Gasteiger partial charge in [-0.1, -0.05) is 69.2 Å². The van der Waals surface area contributed by atoms with E-state index in [1.165, 1.54) is 59.2 Å². The minimum atomic E-state index is 0. The molecule has 0 unspecified atom stereocenters. The predicted octanol–water partition coefficient (Wildman–Crippen LogP) is 5.16. The summed E-state index contributed by atoms with van der Waals surface area (Å²) in [7, 11) is 2.00. The van der Waals surface area contributed by atoms with Gasteiger partial charge in [0.05, 0.1) is 0 Å². The van der Waals surface area contributed by atoms with E-state index in [0.717, 1.165) is 14.2 Å². The molecule has 2 saturated carbocycles. The zero-order valence-corrected chi connectivity index (χ0v) is 22.1. The summed E-state index contributed by atoms with van der Waals surface area (Å²) in [6.07, 6.45) is 0. The molecular weight excluding hydrogens is 498 g/mol. The van der Waals surface area contributed by atoms with Crippen LogP contribution in [0.2, 0.25) is 0 Å². The second-order valence-corrected chi connectivity index (χ2v) is 6.25. The van der Waals surface area contributed by atoms with Crippen molar-refractivity contribution >= 4 is 0 Å². The average molecular weight is 537 g/mol. The maximum Gasteiger partial charge on any atom is 1.00 e. The molecule has 2 rings (SSSR count). The summed E-state index contributed by atoms with van der Waals surface area (Å²) in [4.78, 5) is 0. The van der Waals surface area contributed by atoms with E-state index in [-0.39, 0.29) is 39.0 Å². The average Bonchev–Trinajstić information content (AvgIpc) is 2.89. The summed E-state index contributed by atoms with van der Waals surface area (Å²) in [5.41, 5.74) is 0. The van der Waals surface area contributed by atoms with Crippen molar-refractivity contribution in [1.29, 1.82) is 0 Å². The summed E-state index contributed by atoms with van der Waals surface area (Å²) in [6.45, 7) is 22.0. The zero-order chi connectivity index (χ0) is 19.8. The van der Waals surface area contributed by atoms with Gasteiger partial charge in [-0.25, -0.2) is 0 Å². The molecule has 152 valence electrons. The van der Waals surface area contributed by atoms with E-state index >= 15 is 0 Å². The van der Waals surface area contributed by atoms with E-state index in [1.54, 1.807) is 0 Å². The van der Waals surface area contributed by atoms with Crippen LogP contribution in [-0.4, -0.2) is 24.4 Å². The number of hydrogen-bond acceptors (Lipinski definition) is 2. The molecule has 0 spiro atoms. The van der Waals surface area contributed by atoms with Crippen molar-refractivity contribution in [1.82, 2.24) is 0 Å². The molecule has 0 saturated heterocycles. The van der Waals surface area contributed by atoms with Crippen LogP contribution >= 0.6 is 0 Å². The molecule has 0 aromatic carbocycles. The van der Waals surface area contributed by atoms with Gasteiger partial charge in [-0.05, 0) is 59.2 Å². The molecule has 26 heavy (non-hydrogen) atoms. The summed E-state index contributed by atoms with van der Waals surface area (Å²) >= 11 is 0. The Morgan fingerprint density at radius 1 is 0.269 bits per heavy atom. The molecule has 0 aromatic heterocycles. The Morgan fingerprint density at radius 2 is 0.308 bits per heavy atom. The minimum Gasteiger partial charge on any atom is -0.400 e. The Hall–Kier alpha value is 1.17. The summed E-state index contributed by atoms with van der Waals surface area (Å²) in [5.74, 6) is 14.7. The van der Waals surface area contributed by atoms with E-state index < -0.39 is 0 Å². The molecule has 2 aliphatic rings. The quantitative estimate of drug-likeness (QED) is 0.420. The molecule has 0 amide bonds. The van der Waals surface area contributed by atoms with Crippen LogP contribution in [0.25, 0.3) is 0 Å². The van der Waals surface area contributed by atoms with E-state index in [4.69, 9.17) is 10.2 Å². The normalized spacial score (nSPS) is 22.4. The van der Waals surface area contributed by atoms with Gasteiger partial charge in [0.25, 0.3) is 0 Å². The fourth-order valence-electron chi connectivity index (χ4n) is 2.81. The topological polar surface area (TPSA) is 40.5 Å². The maximum absolute atomic E-state index is 7.00. The third kappa shape index (κ3) is 8.67. The van der Waals surface area contributed by atoms with E-state index in [2.05, 4.69) is 69.2 Å². The third-order valence-corrected chi connectivity index (χ3v) is 5.62. The van der Waals surface area contributed by atoms with Gasteiger partial charge in [-0.15, -0.1) is 0 Å². The molecule has 2 nitrogen and oxygen atoms in total. The molecule has 0 bridgehead atoms. The molecule has 0 aliphatic heterocycles. The minimum absolute atomic E-state index is 0. The smallest absolute Gasteiger partial charge is 0.400 e. The first-order chi connectivity index (χ1) is 11.1. The van der Waals surface area contributed by atoms with Crippen molar-refractivity contribution in [3.8, 4) is 0 Å². The Labute approximate surface area is 191 Å². The molecule has 0 heterocycles. The predicted molar refractivity (Wildman–Crippen MR) is 105 cm³/mol. The zero-order valence-electron chi connectivity index (χ0n) is 18.6. The largest absolute Gasteiger partial charge is 1.00 e. The molecule has 2 N–H and O–H groups in total. The van der Waals surface area contributed by atoms with Gasteiger partial charge >= 0.3 is 39.0 Å². The van der Waals surface area contributed by atoms with Crippen LogP contribution < -0.4 is 0 Å². The van der Waals surface area contributed by atoms with Gasteiger partial charge in [0, 0.05) is 14.2 Å². The van der Waals surface area contributed by atoms with Crippen molar-refractivity contribution in [3.63, 3.8) is 0 Å². The Morgan fingerprint density at radius 3 is 0.346 bits per heavy atom. The first-order valence-corrected chi connectivity index (χ1v) is 8.39. The van der Waals surface area contributed by atoms with Gasteiger partial charge in [0.15, 0.2) is 0 Å². The molecular formula is C22H38O2Ru2+2. The van der Waals surface area contributed by atoms with Crippen LogP contribution in [0.15, 0.2) is 0 Å². The molecule has 4 heteroatoms. The van der Waals surface area contributed by atoms with Gasteiger partial charge in [0.2, 0.25) is 0 Å². The molecule has 0 atom stereocenters. The molecule has 2 fully saturated rings. The van der Waals surface area contributed by atoms with Crippen LogP contribution in [0.1, 0.15) is 69.2 Å². The number of aliphatic hydroxyl groups is 2. The Bertz CT molecular complexity index is 195. The molecule has 0 aromatic rings. The van der Waals surface area contributed by atoms with Crippen molar-refractivity contribution in [2.75, 3.05) is 14.2 Å². The van der Waals surface area contributed by atoms with E-state index in [1.807, 2.05) is 0 Å². The number of hydrogen-bond donors (Lipinski definition) is 2. The molecule has 2 aliphatic carbocycles. The van der Waals surface area contributed by atoms with Crippen molar-refractivity contribution in [2.45, 2.75) is 69.2 Å². The van der Waals surface area contributed by atoms with Crippen molar-refractivity contribution in [2.24, 2.45) is 0 Å².